The van der Waals surface area contributed by atoms with Gasteiger partial charge in [-0.2, -0.15) is 0 Å². The first kappa shape index (κ1) is 27.8. The first-order valence-electron chi connectivity index (χ1n) is 13.5. The van der Waals surface area contributed by atoms with E-state index >= 15 is 0 Å². The summed E-state index contributed by atoms with van der Waals surface area (Å²) in [5, 5.41) is 0. The molecule has 0 bridgehead atoms. The quantitative estimate of drug-likeness (QED) is 0.351. The topological polar surface area (TPSA) is 0 Å². The van der Waals surface area contributed by atoms with Gasteiger partial charge in [0.15, 0.2) is 0 Å². The lowest BCUT2D eigenvalue weighted by molar-refractivity contribution is 1.48. The minimum absolute atomic E-state index is 1.20. The summed E-state index contributed by atoms with van der Waals surface area (Å²) >= 11 is 0. The monoisotopic (exact) mass is 514 g/mol. The second kappa shape index (κ2) is 16.6. The summed E-state index contributed by atoms with van der Waals surface area (Å²) in [6.45, 7) is 0. The summed E-state index contributed by atoms with van der Waals surface area (Å²) in [7, 11) is 0. The van der Waals surface area contributed by atoms with Gasteiger partial charge >= 0.3 is 0 Å². The maximum Gasteiger partial charge on any atom is -0.0184 e. The van der Waals surface area contributed by atoms with E-state index < -0.39 is 0 Å². The number of hydrogen-bond donors (Lipinski definition) is 0. The first-order chi connectivity index (χ1) is 19.9. The van der Waals surface area contributed by atoms with Crippen LogP contribution in [0, 0.1) is 0 Å². The molecule has 0 unspecified atom stereocenters. The molecule has 0 saturated carbocycles. The van der Waals surface area contributed by atoms with Crippen LogP contribution in [0.25, 0.3) is 0 Å². The van der Waals surface area contributed by atoms with Crippen molar-refractivity contribution in [1.82, 2.24) is 0 Å². The second-order valence-corrected chi connectivity index (χ2v) is 8.97. The van der Waals surface area contributed by atoms with Gasteiger partial charge in [-0.25, -0.2) is 0 Å². The van der Waals surface area contributed by atoms with Crippen molar-refractivity contribution >= 4 is 0 Å². The molecule has 40 heavy (non-hydrogen) atoms. The minimum atomic E-state index is 1.20. The smallest absolute Gasteiger partial charge is 0.0184 e. The highest BCUT2D eigenvalue weighted by Gasteiger charge is 2.02. The molecule has 0 atom stereocenters. The van der Waals surface area contributed by atoms with Gasteiger partial charge in [0.1, 0.15) is 0 Å². The highest BCUT2D eigenvalue weighted by Crippen LogP contribution is 2.21. The van der Waals surface area contributed by atoms with Gasteiger partial charge in [-0.3, -0.25) is 0 Å². The zero-order chi connectivity index (χ0) is 27.5. The average molecular weight is 515 g/mol. The molecule has 0 heteroatoms. The van der Waals surface area contributed by atoms with Crippen LogP contribution in [0.4, 0.5) is 0 Å². The zero-order valence-corrected chi connectivity index (χ0v) is 22.6. The van der Waals surface area contributed by atoms with Crippen molar-refractivity contribution in [3.05, 3.63) is 240 Å². The van der Waals surface area contributed by atoms with Crippen LogP contribution >= 0.6 is 0 Å². The van der Waals surface area contributed by atoms with Crippen molar-refractivity contribution < 1.29 is 0 Å². The Morgan fingerprint density at radius 2 is 0.325 bits per heavy atom. The molecule has 5 aliphatic carbocycles. The van der Waals surface area contributed by atoms with E-state index in [4.69, 9.17) is 0 Å². The number of rotatable bonds is 3. The Bertz CT molecular complexity index is 1410. The fraction of sp³-hybridized carbons (Fsp3) is 0. The SMILES string of the molecule is C1=C\C=C/C(/C2=C\C=C/C(/C3=C\C=C/C=C\C=C3)=C\C=C2)=C\C=C1.C1=C\C=C/C(/C2=C\C=C/C=C\C=C2)=C\C=C1. The molecule has 0 aromatic heterocycles. The van der Waals surface area contributed by atoms with Crippen molar-refractivity contribution in [1.29, 1.82) is 0 Å². The summed E-state index contributed by atoms with van der Waals surface area (Å²) in [6.07, 6.45) is 70.8. The normalized spacial score (nSPS) is 32.4. The van der Waals surface area contributed by atoms with E-state index in [9.17, 15) is 0 Å². The Morgan fingerprint density at radius 3 is 0.600 bits per heavy atom. The molecule has 0 aliphatic heterocycles. The number of hydrogen-bond acceptors (Lipinski definition) is 0. The molecule has 0 radical (unpaired) electrons. The molecule has 0 fully saturated rings. The highest BCUT2D eigenvalue weighted by atomic mass is 14.1. The van der Waals surface area contributed by atoms with Gasteiger partial charge in [-0.05, 0) is 33.4 Å². The van der Waals surface area contributed by atoms with Crippen LogP contribution in [0.1, 0.15) is 0 Å². The van der Waals surface area contributed by atoms with Crippen LogP contribution in [0.2, 0.25) is 0 Å². The maximum atomic E-state index is 2.15. The third kappa shape index (κ3) is 9.59. The molecule has 0 amide bonds. The lowest BCUT2D eigenvalue weighted by Crippen LogP contribution is -1.88. The summed E-state index contributed by atoms with van der Waals surface area (Å²) in [5.74, 6) is 0. The Kier molecular flexibility index (Phi) is 11.5. The summed E-state index contributed by atoms with van der Waals surface area (Å²) in [6, 6.07) is 0. The van der Waals surface area contributed by atoms with Gasteiger partial charge in [-0.15, -0.1) is 0 Å². The molecule has 0 aromatic rings. The molecule has 194 valence electrons. The fourth-order valence-electron chi connectivity index (χ4n) is 4.04. The van der Waals surface area contributed by atoms with Crippen molar-refractivity contribution in [3.8, 4) is 0 Å². The Hall–Kier alpha value is -5.20. The predicted molar refractivity (Wildman–Crippen MR) is 176 cm³/mol. The van der Waals surface area contributed by atoms with Gasteiger partial charge in [0.05, 0.1) is 0 Å². The standard InChI is InChI=1S/C24H20.C16H14/c1-3-7-13-21(14-8-4-1)23-17-11-19-24(20-12-18-23)22-15-9-5-2-6-10-16-22;1-3-7-11-15(12-8-4-1)16-13-9-5-2-6-10-14-16/h1-20H;1-14H/b3-1-,4-1?,5-2?,6-2?,7-3?,8-4-,9-5?,10-6?,13-7?,14-8?,15-9-,16-10?,17-11-,18-12?,19-11?,20-12?,21-13?,21-14-,22-15?,22-16+,23-17?,23-18+,24-19-,24-20?;3-1-,4-1?,5-2?,6-2?,7-3?,8-4-,9-5?,10-6?,11-7?,12-8?,13-9-,14-10?,15-11?,15-12-,16-13?,16-14+. The van der Waals surface area contributed by atoms with E-state index in [1.54, 1.807) is 0 Å². The molecule has 0 N–H and O–H groups in total. The largest absolute Gasteiger partial charge is 0.0623 e. The molecule has 5 rings (SSSR count). The molecule has 0 spiro atoms. The second-order valence-electron chi connectivity index (χ2n) is 8.97. The average Bonchev–Trinajstić information content (AvgIpc) is 2.86. The van der Waals surface area contributed by atoms with Crippen LogP contribution in [-0.2, 0) is 0 Å². The third-order valence-corrected chi connectivity index (χ3v) is 6.09. The van der Waals surface area contributed by atoms with Gasteiger partial charge in [0.2, 0.25) is 0 Å². The van der Waals surface area contributed by atoms with Crippen molar-refractivity contribution in [3.63, 3.8) is 0 Å². The van der Waals surface area contributed by atoms with E-state index in [-0.39, 0.29) is 0 Å². The van der Waals surface area contributed by atoms with Crippen LogP contribution in [0.15, 0.2) is 240 Å². The minimum Gasteiger partial charge on any atom is -0.0623 e. The molecule has 5 aliphatic rings. The fourth-order valence-corrected chi connectivity index (χ4v) is 4.04. The molecular weight excluding hydrogens is 480 g/mol. The molecule has 0 heterocycles. The van der Waals surface area contributed by atoms with Gasteiger partial charge < -0.3 is 0 Å². The Labute approximate surface area is 239 Å². The molecular formula is C40H34. The van der Waals surface area contributed by atoms with Crippen LogP contribution in [0.5, 0.6) is 0 Å². The lowest BCUT2D eigenvalue weighted by Gasteiger charge is -2.07. The van der Waals surface area contributed by atoms with Gasteiger partial charge in [0, 0.05) is 0 Å². The van der Waals surface area contributed by atoms with Crippen LogP contribution < -0.4 is 0 Å². The third-order valence-electron chi connectivity index (χ3n) is 6.09. The molecule has 0 saturated heterocycles. The summed E-state index contributed by atoms with van der Waals surface area (Å²) in [4.78, 5) is 0. The van der Waals surface area contributed by atoms with E-state index in [0.29, 0.717) is 0 Å². The highest BCUT2D eigenvalue weighted by molar-refractivity contribution is 5.57. The van der Waals surface area contributed by atoms with Crippen molar-refractivity contribution in [2.75, 3.05) is 0 Å². The zero-order valence-electron chi connectivity index (χ0n) is 22.6. The van der Waals surface area contributed by atoms with E-state index in [1.165, 1.54) is 33.4 Å². The van der Waals surface area contributed by atoms with E-state index in [0.717, 1.165) is 0 Å². The number of allylic oxidation sites excluding steroid dienone is 40. The van der Waals surface area contributed by atoms with Crippen molar-refractivity contribution in [2.24, 2.45) is 0 Å². The summed E-state index contributed by atoms with van der Waals surface area (Å²) < 4.78 is 0. The van der Waals surface area contributed by atoms with E-state index in [2.05, 4.69) is 134 Å². The van der Waals surface area contributed by atoms with Gasteiger partial charge in [-0.1, -0.05) is 207 Å². The van der Waals surface area contributed by atoms with Gasteiger partial charge in [0.25, 0.3) is 0 Å². The molecule has 0 aromatic carbocycles. The van der Waals surface area contributed by atoms with E-state index in [1.807, 2.05) is 72.9 Å². The maximum absolute atomic E-state index is 2.15. The first-order valence-corrected chi connectivity index (χ1v) is 13.5. The van der Waals surface area contributed by atoms with Crippen LogP contribution in [-0.4, -0.2) is 0 Å². The molecule has 0 nitrogen and oxygen atoms in total. The van der Waals surface area contributed by atoms with Crippen molar-refractivity contribution in [2.45, 2.75) is 0 Å². The Morgan fingerprint density at radius 1 is 0.150 bits per heavy atom. The lowest BCUT2D eigenvalue weighted by atomic mass is 9.98. The Balaban J connectivity index is 0.000000201. The predicted octanol–water partition coefficient (Wildman–Crippen LogP) is 10.4. The summed E-state index contributed by atoms with van der Waals surface area (Å²) in [5.41, 5.74) is 7.23. The van der Waals surface area contributed by atoms with Crippen LogP contribution in [0.3, 0.4) is 0 Å².